The van der Waals surface area contributed by atoms with E-state index < -0.39 is 0 Å². The van der Waals surface area contributed by atoms with Crippen molar-refractivity contribution in [1.82, 2.24) is 14.9 Å². The Kier molecular flexibility index (Phi) is 3.14. The number of likely N-dealkylation sites (tertiary alicyclic amines) is 1. The van der Waals surface area contributed by atoms with Gasteiger partial charge in [-0.15, -0.1) is 11.3 Å². The number of rotatable bonds is 1. The second-order valence-electron chi connectivity index (χ2n) is 6.11. The summed E-state index contributed by atoms with van der Waals surface area (Å²) in [5, 5.41) is 1.93. The van der Waals surface area contributed by atoms with Gasteiger partial charge in [-0.2, -0.15) is 0 Å². The van der Waals surface area contributed by atoms with Crippen LogP contribution in [-0.4, -0.2) is 33.9 Å². The summed E-state index contributed by atoms with van der Waals surface area (Å²) < 4.78 is 0. The third-order valence-electron chi connectivity index (χ3n) is 4.74. The van der Waals surface area contributed by atoms with Gasteiger partial charge in [0.25, 0.3) is 11.5 Å². The number of fused-ring (bicyclic) bond motifs is 3. The largest absolute Gasteiger partial charge is 0.337 e. The number of aromatic amines is 1. The first-order valence-corrected chi connectivity index (χ1v) is 8.44. The number of amides is 1. The molecule has 2 aromatic rings. The van der Waals surface area contributed by atoms with Crippen molar-refractivity contribution in [1.29, 1.82) is 0 Å². The molecule has 0 unspecified atom stereocenters. The van der Waals surface area contributed by atoms with Crippen LogP contribution in [0.25, 0.3) is 0 Å². The van der Waals surface area contributed by atoms with Crippen molar-refractivity contribution in [2.75, 3.05) is 13.1 Å². The Morgan fingerprint density at radius 2 is 2.32 bits per heavy atom. The summed E-state index contributed by atoms with van der Waals surface area (Å²) in [5.74, 6) is 1.39. The molecule has 0 aromatic carbocycles. The smallest absolute Gasteiger partial charge is 0.263 e. The van der Waals surface area contributed by atoms with Gasteiger partial charge in [-0.3, -0.25) is 9.59 Å². The topological polar surface area (TPSA) is 66.1 Å². The van der Waals surface area contributed by atoms with Crippen molar-refractivity contribution in [2.24, 2.45) is 5.92 Å². The van der Waals surface area contributed by atoms with Crippen LogP contribution in [0.4, 0.5) is 0 Å². The summed E-state index contributed by atoms with van der Waals surface area (Å²) in [5.41, 5.74) is 1.72. The number of thiophene rings is 1. The van der Waals surface area contributed by atoms with Crippen molar-refractivity contribution in [3.05, 3.63) is 49.8 Å². The average Bonchev–Trinajstić information content (AvgIpc) is 3.15. The molecule has 1 aliphatic heterocycles. The van der Waals surface area contributed by atoms with Gasteiger partial charge in [-0.25, -0.2) is 4.98 Å². The fourth-order valence-electron chi connectivity index (χ4n) is 3.71. The predicted octanol–water partition coefficient (Wildman–Crippen LogP) is 1.94. The number of nitrogens with one attached hydrogen (secondary N) is 1. The van der Waals surface area contributed by atoms with Crippen LogP contribution in [0.5, 0.6) is 0 Å². The maximum Gasteiger partial charge on any atom is 0.263 e. The third kappa shape index (κ3) is 2.09. The Bertz CT molecular complexity index is 781. The van der Waals surface area contributed by atoms with E-state index in [1.807, 2.05) is 29.3 Å². The fourth-order valence-corrected chi connectivity index (χ4v) is 4.40. The lowest BCUT2D eigenvalue weighted by atomic mass is 9.80. The van der Waals surface area contributed by atoms with Gasteiger partial charge in [0.1, 0.15) is 5.82 Å². The normalized spacial score (nSPS) is 23.2. The Hall–Kier alpha value is -1.95. The summed E-state index contributed by atoms with van der Waals surface area (Å²) in [4.78, 5) is 34.7. The van der Waals surface area contributed by atoms with Gasteiger partial charge >= 0.3 is 0 Å². The molecule has 22 heavy (non-hydrogen) atoms. The summed E-state index contributed by atoms with van der Waals surface area (Å²) in [6, 6.07) is 3.77. The van der Waals surface area contributed by atoms with E-state index in [1.54, 1.807) is 0 Å². The predicted molar refractivity (Wildman–Crippen MR) is 84.4 cm³/mol. The van der Waals surface area contributed by atoms with E-state index in [1.165, 1.54) is 11.3 Å². The van der Waals surface area contributed by atoms with Crippen LogP contribution in [0.15, 0.2) is 22.3 Å². The minimum atomic E-state index is -0.0102. The molecule has 2 atom stereocenters. The molecule has 0 spiro atoms. The molecule has 1 fully saturated rings. The molecule has 114 valence electrons. The van der Waals surface area contributed by atoms with Gasteiger partial charge in [-0.05, 0) is 37.1 Å². The second kappa shape index (κ2) is 5.05. The first-order chi connectivity index (χ1) is 10.6. The maximum atomic E-state index is 12.5. The van der Waals surface area contributed by atoms with Crippen LogP contribution in [0.3, 0.4) is 0 Å². The molecule has 1 amide bonds. The van der Waals surface area contributed by atoms with Crippen molar-refractivity contribution in [3.63, 3.8) is 0 Å². The highest BCUT2D eigenvalue weighted by molar-refractivity contribution is 7.12. The fraction of sp³-hybridized carbons (Fsp3) is 0.438. The van der Waals surface area contributed by atoms with Crippen molar-refractivity contribution in [3.8, 4) is 0 Å². The lowest BCUT2D eigenvalue weighted by Gasteiger charge is -2.25. The van der Waals surface area contributed by atoms with Crippen LogP contribution >= 0.6 is 11.3 Å². The van der Waals surface area contributed by atoms with E-state index in [0.717, 1.165) is 35.5 Å². The highest BCUT2D eigenvalue weighted by Gasteiger charge is 2.41. The molecule has 5 nitrogen and oxygen atoms in total. The first kappa shape index (κ1) is 13.7. The van der Waals surface area contributed by atoms with E-state index in [9.17, 15) is 9.59 Å². The minimum Gasteiger partial charge on any atom is -0.337 e. The van der Waals surface area contributed by atoms with Crippen LogP contribution in [0.1, 0.15) is 39.1 Å². The molecule has 1 saturated heterocycles. The zero-order valence-electron chi connectivity index (χ0n) is 12.3. The number of nitrogens with zero attached hydrogens (tertiary/aromatic N) is 2. The van der Waals surface area contributed by atoms with Gasteiger partial charge < -0.3 is 9.88 Å². The molecule has 1 N–H and O–H groups in total. The van der Waals surface area contributed by atoms with Crippen molar-refractivity contribution in [2.45, 2.75) is 25.7 Å². The van der Waals surface area contributed by atoms with E-state index >= 15 is 0 Å². The third-order valence-corrected chi connectivity index (χ3v) is 5.60. The maximum absolute atomic E-state index is 12.5. The van der Waals surface area contributed by atoms with E-state index in [4.69, 9.17) is 0 Å². The van der Waals surface area contributed by atoms with E-state index in [2.05, 4.69) is 9.97 Å². The highest BCUT2D eigenvalue weighted by atomic mass is 32.1. The Labute approximate surface area is 132 Å². The summed E-state index contributed by atoms with van der Waals surface area (Å²) in [6.07, 6.45) is 1.72. The molecule has 6 heteroatoms. The summed E-state index contributed by atoms with van der Waals surface area (Å²) >= 11 is 1.48. The quantitative estimate of drug-likeness (QED) is 0.874. The Morgan fingerprint density at radius 1 is 1.45 bits per heavy atom. The van der Waals surface area contributed by atoms with E-state index in [0.29, 0.717) is 18.3 Å². The molecule has 0 radical (unpaired) electrons. The standard InChI is InChI=1S/C16H17N3O2S/c1-9-17-14-11(15(20)18-9)5-4-10-7-19(8-12(10)14)16(21)13-3-2-6-22-13/h2-3,6,10,12H,4-5,7-8H2,1H3,(H,17,18,20)/t10-,12+/m1/s1. The van der Waals surface area contributed by atoms with Gasteiger partial charge in [-0.1, -0.05) is 6.07 Å². The van der Waals surface area contributed by atoms with E-state index in [-0.39, 0.29) is 17.4 Å². The molecule has 3 heterocycles. The zero-order chi connectivity index (χ0) is 15.3. The molecule has 0 saturated carbocycles. The van der Waals surface area contributed by atoms with Gasteiger partial charge in [0, 0.05) is 24.6 Å². The van der Waals surface area contributed by atoms with Gasteiger partial charge in [0.05, 0.1) is 10.6 Å². The highest BCUT2D eigenvalue weighted by Crippen LogP contribution is 2.40. The second-order valence-corrected chi connectivity index (χ2v) is 7.06. The Balaban J connectivity index is 1.66. The zero-order valence-corrected chi connectivity index (χ0v) is 13.2. The number of hydrogen-bond donors (Lipinski definition) is 1. The first-order valence-electron chi connectivity index (χ1n) is 7.56. The molecule has 1 aliphatic carbocycles. The molecular weight excluding hydrogens is 298 g/mol. The molecular formula is C16H17N3O2S. The Morgan fingerprint density at radius 3 is 3.09 bits per heavy atom. The molecule has 4 rings (SSSR count). The van der Waals surface area contributed by atoms with Crippen LogP contribution in [-0.2, 0) is 6.42 Å². The summed E-state index contributed by atoms with van der Waals surface area (Å²) in [6.45, 7) is 3.26. The number of aryl methyl sites for hydroxylation is 1. The summed E-state index contributed by atoms with van der Waals surface area (Å²) in [7, 11) is 0. The monoisotopic (exact) mass is 315 g/mol. The lowest BCUT2D eigenvalue weighted by molar-refractivity contribution is 0.0790. The van der Waals surface area contributed by atoms with Gasteiger partial charge in [0.15, 0.2) is 0 Å². The van der Waals surface area contributed by atoms with Crippen molar-refractivity contribution >= 4 is 17.2 Å². The SMILES string of the molecule is Cc1nc2c(c(=O)[nH]1)CC[C@@H]1CN(C(=O)c3cccs3)C[C@H]21. The van der Waals surface area contributed by atoms with Crippen LogP contribution < -0.4 is 5.56 Å². The average molecular weight is 315 g/mol. The number of hydrogen-bond acceptors (Lipinski definition) is 4. The lowest BCUT2D eigenvalue weighted by Crippen LogP contribution is -2.28. The molecule has 2 aromatic heterocycles. The molecule has 0 bridgehead atoms. The minimum absolute atomic E-state index is 0.0102. The number of H-pyrrole nitrogens is 1. The molecule has 2 aliphatic rings. The van der Waals surface area contributed by atoms with Crippen LogP contribution in [0.2, 0.25) is 0 Å². The van der Waals surface area contributed by atoms with Crippen LogP contribution in [0, 0.1) is 12.8 Å². The number of carbonyl (C=O) groups is 1. The number of aromatic nitrogens is 2. The van der Waals surface area contributed by atoms with Gasteiger partial charge in [0.2, 0.25) is 0 Å². The van der Waals surface area contributed by atoms with Crippen molar-refractivity contribution < 1.29 is 4.79 Å². The number of carbonyl (C=O) groups excluding carboxylic acids is 1.